The molecule has 0 N–H and O–H groups in total. The van der Waals surface area contributed by atoms with Gasteiger partial charge in [-0.3, -0.25) is 0 Å². The summed E-state index contributed by atoms with van der Waals surface area (Å²) in [7, 11) is 0. The van der Waals surface area contributed by atoms with Crippen molar-refractivity contribution >= 4 is 72.2 Å². The van der Waals surface area contributed by atoms with E-state index in [1.807, 2.05) is 6.07 Å². The second-order valence-electron chi connectivity index (χ2n) is 15.6. The van der Waals surface area contributed by atoms with E-state index < -0.39 is 0 Å². The number of fused-ring (bicyclic) bond motifs is 7. The molecule has 8 aromatic carbocycles. The van der Waals surface area contributed by atoms with Crippen LogP contribution in [0.4, 0.5) is 28.4 Å². The molecule has 1 aliphatic rings. The van der Waals surface area contributed by atoms with Crippen LogP contribution < -0.4 is 9.80 Å². The van der Waals surface area contributed by atoms with Crippen molar-refractivity contribution in [2.75, 3.05) is 9.80 Å². The minimum Gasteiger partial charge on any atom is -0.455 e. The Morgan fingerprint density at radius 2 is 1.12 bits per heavy atom. The van der Waals surface area contributed by atoms with Crippen LogP contribution in [0.3, 0.4) is 0 Å². The second-order valence-corrected chi connectivity index (χ2v) is 15.6. The molecule has 0 radical (unpaired) electrons. The molecule has 0 spiro atoms. The number of anilines is 5. The van der Waals surface area contributed by atoms with E-state index in [4.69, 9.17) is 4.42 Å². The van der Waals surface area contributed by atoms with E-state index >= 15 is 0 Å². The molecule has 1 atom stereocenters. The summed E-state index contributed by atoms with van der Waals surface area (Å²) in [5.41, 5.74) is 12.7. The molecule has 10 aromatic rings. The Labute approximate surface area is 343 Å². The summed E-state index contributed by atoms with van der Waals surface area (Å²) in [6.45, 7) is 2.33. The lowest BCUT2D eigenvalue weighted by Crippen LogP contribution is -2.42. The van der Waals surface area contributed by atoms with Gasteiger partial charge in [-0.15, -0.1) is 0 Å². The molecule has 59 heavy (non-hydrogen) atoms. The van der Waals surface area contributed by atoms with Crippen molar-refractivity contribution in [1.29, 1.82) is 0 Å². The van der Waals surface area contributed by atoms with Gasteiger partial charge in [0.2, 0.25) is 0 Å². The average Bonchev–Trinajstić information content (AvgIpc) is 3.84. The summed E-state index contributed by atoms with van der Waals surface area (Å²) < 4.78 is 8.95. The summed E-state index contributed by atoms with van der Waals surface area (Å²) >= 11 is 0. The van der Waals surface area contributed by atoms with Gasteiger partial charge in [-0.25, -0.2) is 0 Å². The summed E-state index contributed by atoms with van der Waals surface area (Å²) in [4.78, 5) is 4.86. The van der Waals surface area contributed by atoms with E-state index in [-0.39, 0.29) is 5.54 Å². The zero-order valence-electron chi connectivity index (χ0n) is 32.7. The molecule has 2 aromatic heterocycles. The number of para-hydroxylation sites is 5. The van der Waals surface area contributed by atoms with Crippen LogP contribution in [0.25, 0.3) is 60.6 Å². The maximum atomic E-state index is 6.58. The largest absolute Gasteiger partial charge is 0.455 e. The molecule has 0 fully saturated rings. The summed E-state index contributed by atoms with van der Waals surface area (Å²) in [6, 6.07) is 69.7. The van der Waals surface area contributed by atoms with Gasteiger partial charge in [-0.1, -0.05) is 127 Å². The fraction of sp³-hybridized carbons (Fsp3) is 0.0545. The van der Waals surface area contributed by atoms with Gasteiger partial charge >= 0.3 is 0 Å². The van der Waals surface area contributed by atoms with Gasteiger partial charge in [0.1, 0.15) is 11.2 Å². The van der Waals surface area contributed by atoms with Crippen LogP contribution in [0.15, 0.2) is 223 Å². The second kappa shape index (κ2) is 14.1. The van der Waals surface area contributed by atoms with Crippen molar-refractivity contribution in [3.8, 4) is 16.8 Å². The smallest absolute Gasteiger partial charge is 0.145 e. The van der Waals surface area contributed by atoms with Crippen LogP contribution in [0, 0.1) is 0 Å². The van der Waals surface area contributed by atoms with E-state index in [1.54, 1.807) is 0 Å². The lowest BCUT2D eigenvalue weighted by Gasteiger charge is -2.42. The number of nitrogens with zero attached hydrogens (tertiary/aromatic N) is 3. The predicted octanol–water partition coefficient (Wildman–Crippen LogP) is 15.2. The highest BCUT2D eigenvalue weighted by Gasteiger charge is 2.32. The van der Waals surface area contributed by atoms with Crippen molar-refractivity contribution in [2.24, 2.45) is 0 Å². The molecule has 4 heteroatoms. The topological polar surface area (TPSA) is 24.6 Å². The van der Waals surface area contributed by atoms with Gasteiger partial charge in [0, 0.05) is 50.3 Å². The summed E-state index contributed by atoms with van der Waals surface area (Å²) in [6.07, 6.45) is 9.81. The fourth-order valence-electron chi connectivity index (χ4n) is 9.14. The number of rotatable bonds is 8. The first-order chi connectivity index (χ1) is 29.1. The molecule has 1 unspecified atom stereocenters. The molecule has 0 saturated heterocycles. The summed E-state index contributed by atoms with van der Waals surface area (Å²) in [5, 5.41) is 4.59. The quantitative estimate of drug-likeness (QED) is 0.154. The fourth-order valence-corrected chi connectivity index (χ4v) is 9.14. The number of aromatic nitrogens is 1. The van der Waals surface area contributed by atoms with Crippen LogP contribution in [-0.4, -0.2) is 10.1 Å². The molecule has 1 aliphatic carbocycles. The van der Waals surface area contributed by atoms with Gasteiger partial charge in [0.25, 0.3) is 0 Å². The Morgan fingerprint density at radius 3 is 1.81 bits per heavy atom. The van der Waals surface area contributed by atoms with Crippen molar-refractivity contribution in [1.82, 2.24) is 4.57 Å². The highest BCUT2D eigenvalue weighted by Crippen LogP contribution is 2.45. The van der Waals surface area contributed by atoms with Crippen LogP contribution in [-0.2, 0) is 0 Å². The third kappa shape index (κ3) is 5.92. The Balaban J connectivity index is 1.10. The lowest BCUT2D eigenvalue weighted by atomic mass is 9.89. The van der Waals surface area contributed by atoms with Crippen LogP contribution in [0.1, 0.15) is 13.3 Å². The number of furan rings is 1. The maximum absolute atomic E-state index is 6.58. The van der Waals surface area contributed by atoms with E-state index in [9.17, 15) is 0 Å². The number of benzene rings is 8. The monoisotopic (exact) mass is 759 g/mol. The molecule has 282 valence electrons. The summed E-state index contributed by atoms with van der Waals surface area (Å²) in [5.74, 6) is 0. The Hall–Kier alpha value is -7.56. The first kappa shape index (κ1) is 34.7. The van der Waals surface area contributed by atoms with Crippen molar-refractivity contribution in [3.05, 3.63) is 218 Å². The van der Waals surface area contributed by atoms with Gasteiger partial charge < -0.3 is 18.8 Å². The third-order valence-electron chi connectivity index (χ3n) is 11.8. The van der Waals surface area contributed by atoms with E-state index in [0.29, 0.717) is 0 Å². The van der Waals surface area contributed by atoms with Crippen LogP contribution in [0.2, 0.25) is 0 Å². The standard InChI is InChI=1S/C55H41N3O/c1-55(34-16-5-17-35-55)58(44-22-10-4-11-23-44)46-37-40(36-45(38-46)56(41-18-6-2-7-19-41)42-20-8-3-9-21-42)39-28-30-43(31-29-39)57-50-26-14-12-25-49(50)53-51(57)33-32-48-47-24-13-15-27-52(47)59-54(48)53/h2-34,36-38H,35H2,1H3. The SMILES string of the molecule is CC1(N(c2ccccc2)c2cc(-c3ccc(-n4c5ccccc5c5c6oc7ccccc7c6ccc54)cc3)cc(N(c3ccccc3)c3ccccc3)c2)C=CC=CC1. The highest BCUT2D eigenvalue weighted by molar-refractivity contribution is 6.23. The zero-order valence-corrected chi connectivity index (χ0v) is 32.7. The highest BCUT2D eigenvalue weighted by atomic mass is 16.3. The minimum absolute atomic E-state index is 0.290. The van der Waals surface area contributed by atoms with Gasteiger partial charge in [0.15, 0.2) is 0 Å². The Kier molecular flexibility index (Phi) is 8.30. The van der Waals surface area contributed by atoms with E-state index in [1.165, 1.54) is 5.39 Å². The first-order valence-electron chi connectivity index (χ1n) is 20.3. The Morgan fingerprint density at radius 1 is 0.492 bits per heavy atom. The number of hydrogen-bond donors (Lipinski definition) is 0. The third-order valence-corrected chi connectivity index (χ3v) is 11.8. The number of hydrogen-bond acceptors (Lipinski definition) is 3. The average molecular weight is 760 g/mol. The number of allylic oxidation sites excluding steroid dienone is 2. The van der Waals surface area contributed by atoms with Gasteiger partial charge in [-0.2, -0.15) is 0 Å². The van der Waals surface area contributed by atoms with Gasteiger partial charge in [0.05, 0.1) is 22.0 Å². The molecule has 0 amide bonds. The molecular formula is C55H41N3O. The van der Waals surface area contributed by atoms with E-state index in [0.717, 1.165) is 90.0 Å². The zero-order chi connectivity index (χ0) is 39.3. The van der Waals surface area contributed by atoms with Crippen molar-refractivity contribution in [3.63, 3.8) is 0 Å². The molecular weight excluding hydrogens is 719 g/mol. The molecule has 11 rings (SSSR count). The van der Waals surface area contributed by atoms with E-state index in [2.05, 4.69) is 234 Å². The molecule has 0 aliphatic heterocycles. The molecule has 4 nitrogen and oxygen atoms in total. The molecule has 0 bridgehead atoms. The normalized spacial score (nSPS) is 15.1. The first-order valence-corrected chi connectivity index (χ1v) is 20.3. The van der Waals surface area contributed by atoms with Crippen molar-refractivity contribution in [2.45, 2.75) is 18.9 Å². The van der Waals surface area contributed by atoms with Crippen molar-refractivity contribution < 1.29 is 4.42 Å². The minimum atomic E-state index is -0.290. The Bertz CT molecular complexity index is 3160. The van der Waals surface area contributed by atoms with Crippen LogP contribution in [0.5, 0.6) is 0 Å². The van der Waals surface area contributed by atoms with Gasteiger partial charge in [-0.05, 0) is 115 Å². The molecule has 0 saturated carbocycles. The molecule has 2 heterocycles. The predicted molar refractivity (Wildman–Crippen MR) is 248 cm³/mol. The lowest BCUT2D eigenvalue weighted by molar-refractivity contribution is 0.570. The van der Waals surface area contributed by atoms with Crippen LogP contribution >= 0.6 is 0 Å². The maximum Gasteiger partial charge on any atom is 0.145 e.